The summed E-state index contributed by atoms with van der Waals surface area (Å²) in [5, 5.41) is 9.50. The summed E-state index contributed by atoms with van der Waals surface area (Å²) in [4.78, 5) is 14.0. The highest BCUT2D eigenvalue weighted by molar-refractivity contribution is 9.10. The van der Waals surface area contributed by atoms with Gasteiger partial charge < -0.3 is 20.1 Å². The van der Waals surface area contributed by atoms with Crippen LogP contribution in [0.2, 0.25) is 0 Å². The SMILES string of the molecule is CN(C)c1nc(N)nc(/C(C#N)=C/c2cc3c(cc2Br)OCO3)n1. The first-order valence-corrected chi connectivity index (χ1v) is 7.67. The molecule has 9 heteroatoms. The highest BCUT2D eigenvalue weighted by Gasteiger charge is 2.17. The first-order valence-electron chi connectivity index (χ1n) is 6.88. The highest BCUT2D eigenvalue weighted by Crippen LogP contribution is 2.38. The van der Waals surface area contributed by atoms with Crippen molar-refractivity contribution in [3.8, 4) is 17.6 Å². The van der Waals surface area contributed by atoms with Gasteiger partial charge in [-0.25, -0.2) is 0 Å². The Morgan fingerprint density at radius 3 is 2.67 bits per heavy atom. The Morgan fingerprint density at radius 2 is 2.00 bits per heavy atom. The predicted molar refractivity (Wildman–Crippen MR) is 92.3 cm³/mol. The number of ether oxygens (including phenoxy) is 2. The van der Waals surface area contributed by atoms with E-state index in [0.29, 0.717) is 17.4 Å². The maximum atomic E-state index is 9.50. The summed E-state index contributed by atoms with van der Waals surface area (Å²) >= 11 is 3.46. The molecule has 1 aliphatic rings. The number of hydrogen-bond acceptors (Lipinski definition) is 8. The molecule has 1 aliphatic heterocycles. The van der Waals surface area contributed by atoms with Crippen molar-refractivity contribution < 1.29 is 9.47 Å². The van der Waals surface area contributed by atoms with E-state index in [1.54, 1.807) is 37.2 Å². The van der Waals surface area contributed by atoms with Crippen molar-refractivity contribution in [2.75, 3.05) is 31.5 Å². The molecule has 122 valence electrons. The molecule has 2 N–H and O–H groups in total. The van der Waals surface area contributed by atoms with Gasteiger partial charge in [0.1, 0.15) is 6.07 Å². The van der Waals surface area contributed by atoms with Crippen molar-refractivity contribution >= 4 is 39.5 Å². The normalized spacial score (nSPS) is 12.8. The summed E-state index contributed by atoms with van der Waals surface area (Å²) in [5.41, 5.74) is 6.71. The van der Waals surface area contributed by atoms with Gasteiger partial charge in [-0.15, -0.1) is 0 Å². The van der Waals surface area contributed by atoms with Gasteiger partial charge in [-0.1, -0.05) is 15.9 Å². The molecule has 1 aromatic heterocycles. The van der Waals surface area contributed by atoms with Crippen LogP contribution in [0.1, 0.15) is 11.4 Å². The maximum absolute atomic E-state index is 9.50. The van der Waals surface area contributed by atoms with Crippen LogP contribution in [-0.2, 0) is 0 Å². The highest BCUT2D eigenvalue weighted by atomic mass is 79.9. The fraction of sp³-hybridized carbons (Fsp3) is 0.200. The van der Waals surface area contributed by atoms with E-state index >= 15 is 0 Å². The van der Waals surface area contributed by atoms with Gasteiger partial charge in [0, 0.05) is 18.6 Å². The zero-order valence-electron chi connectivity index (χ0n) is 12.9. The lowest BCUT2D eigenvalue weighted by Gasteiger charge is -2.11. The van der Waals surface area contributed by atoms with E-state index in [0.717, 1.165) is 10.0 Å². The van der Waals surface area contributed by atoms with E-state index in [1.165, 1.54) is 0 Å². The molecule has 0 radical (unpaired) electrons. The van der Waals surface area contributed by atoms with E-state index in [4.69, 9.17) is 15.2 Å². The molecular formula is C15H13BrN6O2. The Balaban J connectivity index is 2.07. The van der Waals surface area contributed by atoms with Crippen molar-refractivity contribution in [1.29, 1.82) is 5.26 Å². The van der Waals surface area contributed by atoms with Crippen LogP contribution in [0.4, 0.5) is 11.9 Å². The topological polar surface area (TPSA) is 110 Å². The number of anilines is 2. The molecule has 0 aliphatic carbocycles. The third-order valence-corrected chi connectivity index (χ3v) is 3.88. The molecule has 1 aromatic carbocycles. The third-order valence-electron chi connectivity index (χ3n) is 3.19. The molecule has 8 nitrogen and oxygen atoms in total. The molecule has 0 saturated carbocycles. The Hall–Kier alpha value is -2.86. The summed E-state index contributed by atoms with van der Waals surface area (Å²) in [6.45, 7) is 0.177. The van der Waals surface area contributed by atoms with Crippen molar-refractivity contribution in [3.63, 3.8) is 0 Å². The quantitative estimate of drug-likeness (QED) is 0.795. The van der Waals surface area contributed by atoms with Crippen LogP contribution in [0.5, 0.6) is 11.5 Å². The number of nitrogens with zero attached hydrogens (tertiary/aromatic N) is 5. The van der Waals surface area contributed by atoms with Gasteiger partial charge in [0.2, 0.25) is 18.7 Å². The Bertz CT molecular complexity index is 875. The van der Waals surface area contributed by atoms with Crippen molar-refractivity contribution in [1.82, 2.24) is 15.0 Å². The third kappa shape index (κ3) is 3.09. The number of aromatic nitrogens is 3. The molecule has 0 amide bonds. The fourth-order valence-electron chi connectivity index (χ4n) is 2.05. The van der Waals surface area contributed by atoms with Crippen molar-refractivity contribution in [2.45, 2.75) is 0 Å². The van der Waals surface area contributed by atoms with Crippen molar-refractivity contribution in [3.05, 3.63) is 28.0 Å². The van der Waals surface area contributed by atoms with E-state index < -0.39 is 0 Å². The minimum atomic E-state index is 0.0506. The number of nitrogens with two attached hydrogens (primary N) is 1. The summed E-state index contributed by atoms with van der Waals surface area (Å²) in [6.07, 6.45) is 1.65. The van der Waals surface area contributed by atoms with Gasteiger partial charge in [-0.2, -0.15) is 20.2 Å². The molecule has 2 aromatic rings. The van der Waals surface area contributed by atoms with Crippen LogP contribution >= 0.6 is 15.9 Å². The average Bonchev–Trinajstić information content (AvgIpc) is 2.98. The van der Waals surface area contributed by atoms with Gasteiger partial charge in [-0.3, -0.25) is 0 Å². The zero-order valence-corrected chi connectivity index (χ0v) is 14.5. The molecule has 0 unspecified atom stereocenters. The largest absolute Gasteiger partial charge is 0.454 e. The average molecular weight is 389 g/mol. The minimum Gasteiger partial charge on any atom is -0.454 e. The Morgan fingerprint density at radius 1 is 1.29 bits per heavy atom. The Labute approximate surface area is 146 Å². The van der Waals surface area contributed by atoms with Crippen LogP contribution in [0.3, 0.4) is 0 Å². The molecule has 0 bridgehead atoms. The van der Waals surface area contributed by atoms with Crippen LogP contribution in [0, 0.1) is 11.3 Å². The number of benzene rings is 1. The first-order chi connectivity index (χ1) is 11.5. The summed E-state index contributed by atoms with van der Waals surface area (Å²) in [5.74, 6) is 1.90. The number of allylic oxidation sites excluding steroid dienone is 1. The molecule has 0 atom stereocenters. The maximum Gasteiger partial charge on any atom is 0.231 e. The van der Waals surface area contributed by atoms with Crippen LogP contribution < -0.4 is 20.1 Å². The van der Waals surface area contributed by atoms with Crippen LogP contribution in [0.15, 0.2) is 16.6 Å². The summed E-state index contributed by atoms with van der Waals surface area (Å²) < 4.78 is 11.4. The van der Waals surface area contributed by atoms with E-state index in [2.05, 4.69) is 37.0 Å². The zero-order chi connectivity index (χ0) is 17.3. The van der Waals surface area contributed by atoms with Gasteiger partial charge in [0.15, 0.2) is 17.3 Å². The number of halogens is 1. The molecule has 0 fully saturated rings. The number of hydrogen-bond donors (Lipinski definition) is 1. The number of rotatable bonds is 3. The Kier molecular flexibility index (Phi) is 4.22. The van der Waals surface area contributed by atoms with Gasteiger partial charge >= 0.3 is 0 Å². The molecular weight excluding hydrogens is 376 g/mol. The van der Waals surface area contributed by atoms with E-state index in [9.17, 15) is 5.26 Å². The lowest BCUT2D eigenvalue weighted by atomic mass is 10.1. The standard InChI is InChI=1S/C15H13BrN6O2/c1-22(2)15-20-13(19-14(18)21-15)9(6-17)3-8-4-11-12(5-10(8)16)24-7-23-11/h3-5H,7H2,1-2H3,(H2,18,19,20,21)/b9-3+. The van der Waals surface area contributed by atoms with Gasteiger partial charge in [-0.05, 0) is 23.8 Å². The lowest BCUT2D eigenvalue weighted by molar-refractivity contribution is 0.174. The second kappa shape index (κ2) is 6.33. The smallest absolute Gasteiger partial charge is 0.231 e. The monoisotopic (exact) mass is 388 g/mol. The van der Waals surface area contributed by atoms with E-state index in [1.807, 2.05) is 0 Å². The van der Waals surface area contributed by atoms with Crippen LogP contribution in [0.25, 0.3) is 11.6 Å². The molecule has 3 rings (SSSR count). The molecule has 24 heavy (non-hydrogen) atoms. The number of nitrogen functional groups attached to an aromatic ring is 1. The molecule has 2 heterocycles. The van der Waals surface area contributed by atoms with Crippen molar-refractivity contribution in [2.24, 2.45) is 0 Å². The fourth-order valence-corrected chi connectivity index (χ4v) is 2.48. The van der Waals surface area contributed by atoms with Gasteiger partial charge in [0.05, 0.1) is 5.57 Å². The predicted octanol–water partition coefficient (Wildman–Crippen LogP) is 2.08. The molecule has 0 spiro atoms. The summed E-state index contributed by atoms with van der Waals surface area (Å²) in [7, 11) is 3.56. The van der Waals surface area contributed by atoms with Crippen LogP contribution in [-0.4, -0.2) is 35.8 Å². The lowest BCUT2D eigenvalue weighted by Crippen LogP contribution is -2.15. The van der Waals surface area contributed by atoms with Gasteiger partial charge in [0.25, 0.3) is 0 Å². The summed E-state index contributed by atoms with van der Waals surface area (Å²) in [6, 6.07) is 5.66. The molecule has 0 saturated heterocycles. The second-order valence-corrected chi connectivity index (χ2v) is 5.96. The first kappa shape index (κ1) is 16.0. The van der Waals surface area contributed by atoms with E-state index in [-0.39, 0.29) is 24.1 Å². The minimum absolute atomic E-state index is 0.0506. The number of nitriles is 1. The number of fused-ring (bicyclic) bond motifs is 1. The second-order valence-electron chi connectivity index (χ2n) is 5.11.